The smallest absolute Gasteiger partial charge is 0.253 e. The molecule has 1 aromatic heterocycles. The lowest BCUT2D eigenvalue weighted by Crippen LogP contribution is -2.36. The van der Waals surface area contributed by atoms with Crippen molar-refractivity contribution in [1.82, 2.24) is 25.7 Å². The van der Waals surface area contributed by atoms with E-state index in [1.165, 1.54) is 0 Å². The number of nitrogens with one attached hydrogen (secondary N) is 3. The molecular weight excluding hydrogens is 292 g/mol. The number of hydrogen-bond acceptors (Lipinski definition) is 3. The summed E-state index contributed by atoms with van der Waals surface area (Å²) in [7, 11) is 5.21. The highest BCUT2D eigenvalue weighted by molar-refractivity contribution is 5.93. The van der Waals surface area contributed by atoms with Crippen molar-refractivity contribution in [3.05, 3.63) is 53.3 Å². The summed E-state index contributed by atoms with van der Waals surface area (Å²) >= 11 is 0. The van der Waals surface area contributed by atoms with Gasteiger partial charge in [0.25, 0.3) is 5.91 Å². The molecule has 23 heavy (non-hydrogen) atoms. The second kappa shape index (κ2) is 7.98. The molecule has 0 radical (unpaired) electrons. The minimum absolute atomic E-state index is 0.00143. The second-order valence-electron chi connectivity index (χ2n) is 5.26. The fraction of sp³-hybridized carbons (Fsp3) is 0.312. The van der Waals surface area contributed by atoms with E-state index in [1.54, 1.807) is 32.2 Å². The van der Waals surface area contributed by atoms with E-state index in [9.17, 15) is 4.79 Å². The SMILES string of the molecule is CN=C(NCc1ccc(C(=O)N(C)C)cc1)NCc1ccn[nH]1. The normalized spacial score (nSPS) is 11.2. The number of nitrogens with zero attached hydrogens (tertiary/aromatic N) is 3. The van der Waals surface area contributed by atoms with Gasteiger partial charge in [-0.3, -0.25) is 14.9 Å². The summed E-state index contributed by atoms with van der Waals surface area (Å²) < 4.78 is 0. The highest BCUT2D eigenvalue weighted by atomic mass is 16.2. The molecule has 0 unspecified atom stereocenters. The number of aliphatic imine (C=N–C) groups is 1. The van der Waals surface area contributed by atoms with Gasteiger partial charge in [-0.25, -0.2) is 0 Å². The summed E-state index contributed by atoms with van der Waals surface area (Å²) in [6.45, 7) is 1.25. The number of H-pyrrole nitrogens is 1. The quantitative estimate of drug-likeness (QED) is 0.567. The number of aromatic amines is 1. The molecule has 0 aliphatic rings. The van der Waals surface area contributed by atoms with Crippen molar-refractivity contribution in [2.75, 3.05) is 21.1 Å². The van der Waals surface area contributed by atoms with Crippen LogP contribution < -0.4 is 10.6 Å². The van der Waals surface area contributed by atoms with Crippen LogP contribution in [0.25, 0.3) is 0 Å². The molecule has 1 aromatic carbocycles. The lowest BCUT2D eigenvalue weighted by Gasteiger charge is -2.12. The molecule has 0 spiro atoms. The molecule has 0 bridgehead atoms. The van der Waals surface area contributed by atoms with E-state index < -0.39 is 0 Å². The van der Waals surface area contributed by atoms with Crippen molar-refractivity contribution < 1.29 is 4.79 Å². The molecule has 122 valence electrons. The van der Waals surface area contributed by atoms with Crippen molar-refractivity contribution >= 4 is 11.9 Å². The average Bonchev–Trinajstić information content (AvgIpc) is 3.08. The van der Waals surface area contributed by atoms with Crippen LogP contribution in [0.4, 0.5) is 0 Å². The minimum Gasteiger partial charge on any atom is -0.352 e. The van der Waals surface area contributed by atoms with Crippen LogP contribution in [0.5, 0.6) is 0 Å². The first-order valence-electron chi connectivity index (χ1n) is 7.33. The van der Waals surface area contributed by atoms with Crippen LogP contribution in [0.2, 0.25) is 0 Å². The maximum absolute atomic E-state index is 11.8. The van der Waals surface area contributed by atoms with E-state index in [1.807, 2.05) is 30.3 Å². The largest absolute Gasteiger partial charge is 0.352 e. The molecule has 2 rings (SSSR count). The Morgan fingerprint density at radius 3 is 2.43 bits per heavy atom. The topological polar surface area (TPSA) is 85.4 Å². The summed E-state index contributed by atoms with van der Waals surface area (Å²) in [6, 6.07) is 9.44. The van der Waals surface area contributed by atoms with Gasteiger partial charge in [0.1, 0.15) is 0 Å². The lowest BCUT2D eigenvalue weighted by atomic mass is 10.1. The zero-order chi connectivity index (χ0) is 16.7. The molecule has 0 aliphatic heterocycles. The monoisotopic (exact) mass is 314 g/mol. The number of hydrogen-bond donors (Lipinski definition) is 3. The van der Waals surface area contributed by atoms with Crippen LogP contribution in [0, 0.1) is 0 Å². The molecule has 0 aliphatic carbocycles. The van der Waals surface area contributed by atoms with Crippen LogP contribution in [-0.4, -0.2) is 48.1 Å². The Kier molecular flexibility index (Phi) is 5.74. The fourth-order valence-electron chi connectivity index (χ4n) is 1.99. The van der Waals surface area contributed by atoms with Crippen LogP contribution >= 0.6 is 0 Å². The molecule has 7 heteroatoms. The van der Waals surface area contributed by atoms with Gasteiger partial charge in [-0.2, -0.15) is 5.10 Å². The van der Waals surface area contributed by atoms with Crippen molar-refractivity contribution in [3.63, 3.8) is 0 Å². The fourth-order valence-corrected chi connectivity index (χ4v) is 1.99. The highest BCUT2D eigenvalue weighted by Crippen LogP contribution is 2.06. The van der Waals surface area contributed by atoms with Gasteiger partial charge in [-0.15, -0.1) is 0 Å². The molecule has 0 saturated heterocycles. The molecule has 0 saturated carbocycles. The highest BCUT2D eigenvalue weighted by Gasteiger charge is 2.07. The summed E-state index contributed by atoms with van der Waals surface area (Å²) in [5.41, 5.74) is 2.74. The van der Waals surface area contributed by atoms with Gasteiger partial charge in [0.2, 0.25) is 0 Å². The molecular formula is C16H22N6O. The van der Waals surface area contributed by atoms with E-state index in [0.717, 1.165) is 11.3 Å². The third-order valence-electron chi connectivity index (χ3n) is 3.30. The van der Waals surface area contributed by atoms with Gasteiger partial charge >= 0.3 is 0 Å². The predicted octanol–water partition coefficient (Wildman–Crippen LogP) is 0.977. The van der Waals surface area contributed by atoms with Crippen LogP contribution in [0.3, 0.4) is 0 Å². The number of carbonyl (C=O) groups is 1. The van der Waals surface area contributed by atoms with Gasteiger partial charge in [-0.1, -0.05) is 12.1 Å². The van der Waals surface area contributed by atoms with Crippen molar-refractivity contribution in [2.45, 2.75) is 13.1 Å². The Bertz CT molecular complexity index is 646. The first-order chi connectivity index (χ1) is 11.1. The van der Waals surface area contributed by atoms with Crippen molar-refractivity contribution in [2.24, 2.45) is 4.99 Å². The zero-order valence-electron chi connectivity index (χ0n) is 13.6. The third kappa shape index (κ3) is 4.84. The molecule has 3 N–H and O–H groups in total. The Hall–Kier alpha value is -2.83. The van der Waals surface area contributed by atoms with Gasteiger partial charge < -0.3 is 15.5 Å². The molecule has 0 atom stereocenters. The van der Waals surface area contributed by atoms with Crippen LogP contribution in [0.1, 0.15) is 21.6 Å². The van der Waals surface area contributed by atoms with Gasteiger partial charge in [0, 0.05) is 39.4 Å². The summed E-state index contributed by atoms with van der Waals surface area (Å²) in [5.74, 6) is 0.703. The van der Waals surface area contributed by atoms with Gasteiger partial charge in [0.05, 0.1) is 12.2 Å². The first kappa shape index (κ1) is 16.5. The maximum atomic E-state index is 11.8. The van der Waals surface area contributed by atoms with Crippen LogP contribution in [0.15, 0.2) is 41.5 Å². The summed E-state index contributed by atoms with van der Waals surface area (Å²) in [4.78, 5) is 17.6. The second-order valence-corrected chi connectivity index (χ2v) is 5.26. The van der Waals surface area contributed by atoms with Gasteiger partial charge in [-0.05, 0) is 23.8 Å². The number of amides is 1. The van der Waals surface area contributed by atoms with E-state index in [0.29, 0.717) is 24.6 Å². The molecule has 7 nitrogen and oxygen atoms in total. The average molecular weight is 314 g/mol. The number of carbonyl (C=O) groups excluding carboxylic acids is 1. The number of guanidine groups is 1. The van der Waals surface area contributed by atoms with Crippen molar-refractivity contribution in [1.29, 1.82) is 0 Å². The maximum Gasteiger partial charge on any atom is 0.253 e. The molecule has 1 amide bonds. The minimum atomic E-state index is 0.00143. The number of rotatable bonds is 5. The summed E-state index contributed by atoms with van der Waals surface area (Å²) in [6.07, 6.45) is 1.71. The predicted molar refractivity (Wildman–Crippen MR) is 90.1 cm³/mol. The van der Waals surface area contributed by atoms with Crippen molar-refractivity contribution in [3.8, 4) is 0 Å². The first-order valence-corrected chi connectivity index (χ1v) is 7.33. The van der Waals surface area contributed by atoms with E-state index in [-0.39, 0.29) is 5.91 Å². The van der Waals surface area contributed by atoms with E-state index in [4.69, 9.17) is 0 Å². The Morgan fingerprint density at radius 1 is 1.17 bits per heavy atom. The number of aromatic nitrogens is 2. The van der Waals surface area contributed by atoms with Crippen LogP contribution in [-0.2, 0) is 13.1 Å². The Labute approximate surface area is 135 Å². The zero-order valence-corrected chi connectivity index (χ0v) is 13.6. The van der Waals surface area contributed by atoms with E-state index >= 15 is 0 Å². The lowest BCUT2D eigenvalue weighted by molar-refractivity contribution is 0.0827. The number of benzene rings is 1. The Morgan fingerprint density at radius 2 is 1.87 bits per heavy atom. The van der Waals surface area contributed by atoms with Gasteiger partial charge in [0.15, 0.2) is 5.96 Å². The standard InChI is InChI=1S/C16H22N6O/c1-17-16(19-11-14-8-9-20-21-14)18-10-12-4-6-13(7-5-12)15(23)22(2)3/h4-9H,10-11H2,1-3H3,(H,20,21)(H2,17,18,19). The molecule has 1 heterocycles. The molecule has 2 aromatic rings. The third-order valence-corrected chi connectivity index (χ3v) is 3.30. The Balaban J connectivity index is 1.85. The molecule has 0 fully saturated rings. The van der Waals surface area contributed by atoms with E-state index in [2.05, 4.69) is 25.8 Å². The summed E-state index contributed by atoms with van der Waals surface area (Å²) in [5, 5.41) is 13.2.